The second-order valence-corrected chi connectivity index (χ2v) is 7.46. The van der Waals surface area contributed by atoms with E-state index < -0.39 is 0 Å². The van der Waals surface area contributed by atoms with E-state index in [1.165, 1.54) is 12.5 Å². The molecule has 1 fully saturated rings. The quantitative estimate of drug-likeness (QED) is 0.879. The van der Waals surface area contributed by atoms with Crippen molar-refractivity contribution in [3.05, 3.63) is 40.0 Å². The summed E-state index contributed by atoms with van der Waals surface area (Å²) in [5.41, 5.74) is 7.61. The highest BCUT2D eigenvalue weighted by Gasteiger charge is 2.36. The Morgan fingerprint density at radius 1 is 1.38 bits per heavy atom. The monoisotopic (exact) mass is 304 g/mol. The molecule has 1 aromatic heterocycles. The summed E-state index contributed by atoms with van der Waals surface area (Å²) in [5.74, 6) is 0.408. The molecule has 1 aliphatic rings. The van der Waals surface area contributed by atoms with Crippen molar-refractivity contribution in [3.63, 3.8) is 0 Å². The zero-order chi connectivity index (χ0) is 15.0. The first-order chi connectivity index (χ1) is 9.99. The molecule has 4 heteroatoms. The fraction of sp³-hybridized carbons (Fsp3) is 0.471. The van der Waals surface area contributed by atoms with Gasteiger partial charge in [0.05, 0.1) is 11.2 Å². The van der Waals surface area contributed by atoms with E-state index >= 15 is 0 Å². The van der Waals surface area contributed by atoms with Gasteiger partial charge in [-0.05, 0) is 37.8 Å². The summed E-state index contributed by atoms with van der Waals surface area (Å²) in [6.07, 6.45) is 4.33. The first kappa shape index (κ1) is 14.7. The van der Waals surface area contributed by atoms with Crippen LogP contribution < -0.4 is 5.73 Å². The lowest BCUT2D eigenvalue weighted by Gasteiger charge is -2.35. The molecule has 2 unspecified atom stereocenters. The molecule has 1 saturated carbocycles. The molecule has 3 rings (SSSR count). The number of rotatable bonds is 2. The zero-order valence-electron chi connectivity index (χ0n) is 12.5. The van der Waals surface area contributed by atoms with Crippen molar-refractivity contribution in [1.29, 1.82) is 0 Å². The predicted octanol–water partition coefficient (Wildman–Crippen LogP) is 4.62. The molecule has 2 nitrogen and oxygen atoms in total. The molecule has 2 N–H and O–H groups in total. The topological polar surface area (TPSA) is 38.9 Å². The Hall–Kier alpha value is -1.26. The number of hydrogen-bond acceptors (Lipinski definition) is 3. The van der Waals surface area contributed by atoms with E-state index in [0.717, 1.165) is 34.8 Å². The molecule has 2 aromatic rings. The zero-order valence-corrected chi connectivity index (χ0v) is 13.3. The van der Waals surface area contributed by atoms with E-state index in [4.69, 9.17) is 10.7 Å². The van der Waals surface area contributed by atoms with Crippen molar-refractivity contribution < 1.29 is 4.39 Å². The molecule has 0 amide bonds. The van der Waals surface area contributed by atoms with Gasteiger partial charge in [0.25, 0.3) is 0 Å². The van der Waals surface area contributed by atoms with Gasteiger partial charge in [0.1, 0.15) is 10.8 Å². The Labute approximate surface area is 129 Å². The van der Waals surface area contributed by atoms with Crippen LogP contribution in [0.15, 0.2) is 24.3 Å². The first-order valence-corrected chi connectivity index (χ1v) is 8.33. The normalized spacial score (nSPS) is 26.0. The van der Waals surface area contributed by atoms with Crippen LogP contribution in [0.2, 0.25) is 0 Å². The van der Waals surface area contributed by atoms with Crippen molar-refractivity contribution >= 4 is 11.3 Å². The van der Waals surface area contributed by atoms with Gasteiger partial charge in [0.2, 0.25) is 0 Å². The molecular weight excluding hydrogens is 283 g/mol. The van der Waals surface area contributed by atoms with Gasteiger partial charge in [-0.3, -0.25) is 0 Å². The number of nitrogens with zero attached hydrogens (tertiary/aromatic N) is 1. The number of nitrogens with two attached hydrogens (primary N) is 1. The van der Waals surface area contributed by atoms with Crippen LogP contribution in [0, 0.1) is 18.7 Å². The van der Waals surface area contributed by atoms with Crippen LogP contribution in [0.3, 0.4) is 0 Å². The number of aromatic nitrogens is 1. The van der Waals surface area contributed by atoms with Gasteiger partial charge in [0, 0.05) is 10.4 Å². The lowest BCUT2D eigenvalue weighted by Crippen LogP contribution is -2.40. The second-order valence-electron chi connectivity index (χ2n) is 6.26. The number of aryl methyl sites for hydroxylation is 1. The number of halogens is 1. The Bertz CT molecular complexity index is 652. The van der Waals surface area contributed by atoms with E-state index in [1.807, 2.05) is 13.0 Å². The highest BCUT2D eigenvalue weighted by molar-refractivity contribution is 7.12. The molecule has 2 atom stereocenters. The summed E-state index contributed by atoms with van der Waals surface area (Å²) in [4.78, 5) is 5.76. The smallest absolute Gasteiger partial charge is 0.132 e. The van der Waals surface area contributed by atoms with Crippen molar-refractivity contribution in [2.75, 3.05) is 0 Å². The number of benzene rings is 1. The van der Waals surface area contributed by atoms with Gasteiger partial charge < -0.3 is 5.73 Å². The van der Waals surface area contributed by atoms with Gasteiger partial charge in [0.15, 0.2) is 0 Å². The average molecular weight is 304 g/mol. The van der Waals surface area contributed by atoms with E-state index in [2.05, 4.69) is 6.92 Å². The Morgan fingerprint density at radius 2 is 2.14 bits per heavy atom. The number of thiazole rings is 1. The van der Waals surface area contributed by atoms with Crippen LogP contribution in [0.5, 0.6) is 0 Å². The van der Waals surface area contributed by atoms with E-state index in [0.29, 0.717) is 11.5 Å². The molecule has 0 bridgehead atoms. The fourth-order valence-electron chi connectivity index (χ4n) is 3.30. The summed E-state index contributed by atoms with van der Waals surface area (Å²) in [6.45, 7) is 4.25. The predicted molar refractivity (Wildman–Crippen MR) is 85.7 cm³/mol. The lowest BCUT2D eigenvalue weighted by molar-refractivity contribution is 0.238. The fourth-order valence-corrected chi connectivity index (χ4v) is 4.37. The maximum atomic E-state index is 14.0. The van der Waals surface area contributed by atoms with Gasteiger partial charge >= 0.3 is 0 Å². The van der Waals surface area contributed by atoms with E-state index in [1.54, 1.807) is 23.5 Å². The van der Waals surface area contributed by atoms with Gasteiger partial charge in [-0.15, -0.1) is 11.3 Å². The summed E-state index contributed by atoms with van der Waals surface area (Å²) in [6, 6.07) is 6.81. The Kier molecular flexibility index (Phi) is 3.84. The largest absolute Gasteiger partial charge is 0.319 e. The molecule has 1 aliphatic carbocycles. The highest BCUT2D eigenvalue weighted by atomic mass is 32.1. The van der Waals surface area contributed by atoms with Crippen LogP contribution in [0.4, 0.5) is 4.39 Å². The lowest BCUT2D eigenvalue weighted by atomic mass is 9.77. The van der Waals surface area contributed by atoms with Crippen molar-refractivity contribution in [1.82, 2.24) is 4.98 Å². The molecule has 1 aromatic carbocycles. The summed E-state index contributed by atoms with van der Waals surface area (Å²) in [7, 11) is 0. The van der Waals surface area contributed by atoms with Crippen molar-refractivity contribution in [3.8, 4) is 11.3 Å². The third-order valence-corrected chi connectivity index (χ3v) is 5.57. The molecule has 0 radical (unpaired) electrons. The average Bonchev–Trinajstić information content (AvgIpc) is 2.82. The van der Waals surface area contributed by atoms with Crippen molar-refractivity contribution in [2.24, 2.45) is 11.7 Å². The summed E-state index contributed by atoms with van der Waals surface area (Å²) < 4.78 is 14.0. The maximum absolute atomic E-state index is 14.0. The van der Waals surface area contributed by atoms with Crippen molar-refractivity contribution in [2.45, 2.75) is 45.1 Å². The minimum atomic E-state index is -0.337. The van der Waals surface area contributed by atoms with Crippen LogP contribution >= 0.6 is 11.3 Å². The molecule has 0 aliphatic heterocycles. The van der Waals surface area contributed by atoms with Gasteiger partial charge in [-0.1, -0.05) is 31.9 Å². The maximum Gasteiger partial charge on any atom is 0.132 e. The van der Waals surface area contributed by atoms with E-state index in [-0.39, 0.29) is 11.4 Å². The van der Waals surface area contributed by atoms with Gasteiger partial charge in [-0.25, -0.2) is 9.37 Å². The van der Waals surface area contributed by atoms with Gasteiger partial charge in [-0.2, -0.15) is 0 Å². The summed E-state index contributed by atoms with van der Waals surface area (Å²) in [5, 5.41) is 0.963. The van der Waals surface area contributed by atoms with Crippen LogP contribution in [-0.4, -0.2) is 4.98 Å². The molecule has 0 spiro atoms. The molecule has 1 heterocycles. The van der Waals surface area contributed by atoms with Crippen LogP contribution in [0.1, 0.15) is 42.5 Å². The molecule has 0 saturated heterocycles. The third kappa shape index (κ3) is 2.74. The second kappa shape index (κ2) is 5.50. The van der Waals surface area contributed by atoms with Crippen LogP contribution in [-0.2, 0) is 5.54 Å². The van der Waals surface area contributed by atoms with Crippen LogP contribution in [0.25, 0.3) is 11.3 Å². The first-order valence-electron chi connectivity index (χ1n) is 7.51. The molecule has 21 heavy (non-hydrogen) atoms. The standard InChI is InChI=1S/C17H21FN2S/c1-11-6-5-9-17(19,10-11)16-20-15(12(2)21-16)13-7-3-4-8-14(13)18/h3-4,7-8,11H,5-6,9-10,19H2,1-2H3. The van der Waals surface area contributed by atoms with E-state index in [9.17, 15) is 4.39 Å². The number of hydrogen-bond donors (Lipinski definition) is 1. The SMILES string of the molecule is Cc1sc(C2(N)CCCC(C)C2)nc1-c1ccccc1F. The Morgan fingerprint density at radius 3 is 2.86 bits per heavy atom. The summed E-state index contributed by atoms with van der Waals surface area (Å²) >= 11 is 1.62. The third-order valence-electron chi connectivity index (χ3n) is 4.38. The molecular formula is C17H21FN2S. The Balaban J connectivity index is 2.00. The minimum Gasteiger partial charge on any atom is -0.319 e. The highest BCUT2D eigenvalue weighted by Crippen LogP contribution is 2.41. The molecule has 112 valence electrons. The minimum absolute atomic E-state index is 0.222.